The molecular formula is C7H14O. The minimum absolute atomic E-state index is 0.195. The predicted molar refractivity (Wildman–Crippen MR) is 33.9 cm³/mol. The van der Waals surface area contributed by atoms with Crippen LogP contribution < -0.4 is 0 Å². The molecule has 1 atom stereocenters. The molecule has 1 heterocycles. The van der Waals surface area contributed by atoms with Crippen molar-refractivity contribution in [2.75, 3.05) is 0 Å². The number of hydrogen-bond donors (Lipinski definition) is 0. The molecule has 1 aliphatic heterocycles. The fourth-order valence-corrected chi connectivity index (χ4v) is 1.22. The van der Waals surface area contributed by atoms with Crippen molar-refractivity contribution in [1.29, 1.82) is 0 Å². The minimum Gasteiger partial charge on any atom is -0.372 e. The van der Waals surface area contributed by atoms with Crippen LogP contribution in [0.3, 0.4) is 0 Å². The normalized spacial score (nSPS) is 34.1. The van der Waals surface area contributed by atoms with E-state index in [0.29, 0.717) is 6.10 Å². The summed E-state index contributed by atoms with van der Waals surface area (Å²) in [5.74, 6) is 0. The topological polar surface area (TPSA) is 9.23 Å². The van der Waals surface area contributed by atoms with Crippen molar-refractivity contribution in [1.82, 2.24) is 0 Å². The van der Waals surface area contributed by atoms with Crippen LogP contribution in [0.25, 0.3) is 0 Å². The summed E-state index contributed by atoms with van der Waals surface area (Å²) >= 11 is 0. The molecule has 0 radical (unpaired) electrons. The van der Waals surface area contributed by atoms with Crippen molar-refractivity contribution in [3.05, 3.63) is 0 Å². The van der Waals surface area contributed by atoms with E-state index in [4.69, 9.17) is 4.74 Å². The Hall–Kier alpha value is -0.0400. The first-order valence-corrected chi connectivity index (χ1v) is 3.32. The van der Waals surface area contributed by atoms with Crippen LogP contribution in [0.15, 0.2) is 0 Å². The van der Waals surface area contributed by atoms with Gasteiger partial charge in [0.1, 0.15) is 0 Å². The third-order valence-electron chi connectivity index (χ3n) is 1.66. The zero-order valence-corrected chi connectivity index (χ0v) is 5.90. The molecule has 1 aliphatic rings. The first kappa shape index (κ1) is 6.09. The van der Waals surface area contributed by atoms with Gasteiger partial charge in [0.2, 0.25) is 0 Å². The van der Waals surface area contributed by atoms with Gasteiger partial charge in [-0.25, -0.2) is 0 Å². The van der Waals surface area contributed by atoms with Gasteiger partial charge in [-0.1, -0.05) is 6.92 Å². The highest BCUT2D eigenvalue weighted by Gasteiger charge is 2.35. The highest BCUT2D eigenvalue weighted by atomic mass is 16.5. The zero-order chi connectivity index (χ0) is 6.20. The van der Waals surface area contributed by atoms with E-state index in [1.165, 1.54) is 12.8 Å². The second kappa shape index (κ2) is 1.73. The van der Waals surface area contributed by atoms with Crippen molar-refractivity contribution in [2.24, 2.45) is 0 Å². The van der Waals surface area contributed by atoms with E-state index in [0.717, 1.165) is 0 Å². The van der Waals surface area contributed by atoms with Crippen LogP contribution in [-0.2, 0) is 4.74 Å². The highest BCUT2D eigenvalue weighted by Crippen LogP contribution is 2.32. The summed E-state index contributed by atoms with van der Waals surface area (Å²) in [5.41, 5.74) is 0.195. The maximum absolute atomic E-state index is 5.48. The zero-order valence-electron chi connectivity index (χ0n) is 5.90. The van der Waals surface area contributed by atoms with E-state index < -0.39 is 0 Å². The largest absolute Gasteiger partial charge is 0.372 e. The molecular weight excluding hydrogens is 100 g/mol. The van der Waals surface area contributed by atoms with Gasteiger partial charge in [0.25, 0.3) is 0 Å². The van der Waals surface area contributed by atoms with E-state index in [1.54, 1.807) is 0 Å². The predicted octanol–water partition coefficient (Wildman–Crippen LogP) is 1.96. The summed E-state index contributed by atoms with van der Waals surface area (Å²) in [5, 5.41) is 0. The van der Waals surface area contributed by atoms with Crippen LogP contribution in [0.2, 0.25) is 0 Å². The highest BCUT2D eigenvalue weighted by molar-refractivity contribution is 4.84. The smallest absolute Gasteiger partial charge is 0.0655 e. The van der Waals surface area contributed by atoms with Crippen LogP contribution in [0, 0.1) is 0 Å². The van der Waals surface area contributed by atoms with Gasteiger partial charge < -0.3 is 4.74 Å². The Morgan fingerprint density at radius 1 is 1.62 bits per heavy atom. The number of rotatable bonds is 1. The summed E-state index contributed by atoms with van der Waals surface area (Å²) in [7, 11) is 0. The van der Waals surface area contributed by atoms with Gasteiger partial charge >= 0.3 is 0 Å². The van der Waals surface area contributed by atoms with Crippen LogP contribution in [-0.4, -0.2) is 11.7 Å². The maximum atomic E-state index is 5.48. The maximum Gasteiger partial charge on any atom is 0.0655 e. The lowest BCUT2D eigenvalue weighted by Crippen LogP contribution is -2.45. The molecule has 48 valence electrons. The van der Waals surface area contributed by atoms with E-state index in [2.05, 4.69) is 20.8 Å². The van der Waals surface area contributed by atoms with Gasteiger partial charge in [-0.05, 0) is 20.3 Å². The SMILES string of the molecule is CCC1CC(C)(C)O1. The number of ether oxygens (including phenoxy) is 1. The lowest BCUT2D eigenvalue weighted by atomic mass is 9.92. The fraction of sp³-hybridized carbons (Fsp3) is 1.00. The van der Waals surface area contributed by atoms with Crippen molar-refractivity contribution in [3.63, 3.8) is 0 Å². The molecule has 0 amide bonds. The van der Waals surface area contributed by atoms with Gasteiger partial charge in [0, 0.05) is 6.42 Å². The Bertz CT molecular complexity index is 78.4. The molecule has 1 unspecified atom stereocenters. The summed E-state index contributed by atoms with van der Waals surface area (Å²) in [6.45, 7) is 6.44. The molecule has 1 saturated heterocycles. The lowest BCUT2D eigenvalue weighted by Gasteiger charge is -2.42. The molecule has 0 saturated carbocycles. The Balaban J connectivity index is 2.21. The summed E-state index contributed by atoms with van der Waals surface area (Å²) in [4.78, 5) is 0. The van der Waals surface area contributed by atoms with Crippen LogP contribution in [0.1, 0.15) is 33.6 Å². The van der Waals surface area contributed by atoms with Gasteiger partial charge in [-0.15, -0.1) is 0 Å². The molecule has 0 aromatic carbocycles. The Morgan fingerprint density at radius 2 is 2.12 bits per heavy atom. The average Bonchev–Trinajstić information content (AvgIpc) is 1.60. The molecule has 1 rings (SSSR count). The van der Waals surface area contributed by atoms with Crippen molar-refractivity contribution < 1.29 is 4.74 Å². The molecule has 0 spiro atoms. The molecule has 0 aromatic heterocycles. The number of hydrogen-bond acceptors (Lipinski definition) is 1. The Labute approximate surface area is 51.0 Å². The molecule has 0 N–H and O–H groups in total. The lowest BCUT2D eigenvalue weighted by molar-refractivity contribution is -0.184. The van der Waals surface area contributed by atoms with Crippen LogP contribution in [0.5, 0.6) is 0 Å². The first-order valence-electron chi connectivity index (χ1n) is 3.32. The van der Waals surface area contributed by atoms with Gasteiger partial charge in [0.05, 0.1) is 11.7 Å². The van der Waals surface area contributed by atoms with E-state index in [-0.39, 0.29) is 5.60 Å². The average molecular weight is 114 g/mol. The van der Waals surface area contributed by atoms with Gasteiger partial charge in [0.15, 0.2) is 0 Å². The Morgan fingerprint density at radius 3 is 2.25 bits per heavy atom. The first-order chi connectivity index (χ1) is 3.64. The monoisotopic (exact) mass is 114 g/mol. The van der Waals surface area contributed by atoms with Crippen molar-refractivity contribution >= 4 is 0 Å². The summed E-state index contributed by atoms with van der Waals surface area (Å²) < 4.78 is 5.48. The van der Waals surface area contributed by atoms with Crippen LogP contribution >= 0.6 is 0 Å². The van der Waals surface area contributed by atoms with Crippen molar-refractivity contribution in [2.45, 2.75) is 45.3 Å². The molecule has 1 nitrogen and oxygen atoms in total. The van der Waals surface area contributed by atoms with Crippen molar-refractivity contribution in [3.8, 4) is 0 Å². The molecule has 1 heteroatoms. The summed E-state index contributed by atoms with van der Waals surface area (Å²) in [6.07, 6.45) is 2.97. The van der Waals surface area contributed by atoms with E-state index >= 15 is 0 Å². The van der Waals surface area contributed by atoms with Gasteiger partial charge in [-0.2, -0.15) is 0 Å². The van der Waals surface area contributed by atoms with Gasteiger partial charge in [-0.3, -0.25) is 0 Å². The fourth-order valence-electron chi connectivity index (χ4n) is 1.22. The minimum atomic E-state index is 0.195. The molecule has 0 bridgehead atoms. The second-order valence-electron chi connectivity index (χ2n) is 3.11. The standard InChI is InChI=1S/C7H14O/c1-4-6-5-7(2,3)8-6/h6H,4-5H2,1-3H3. The molecule has 0 aliphatic carbocycles. The third kappa shape index (κ3) is 1.03. The Kier molecular flexibility index (Phi) is 1.31. The second-order valence-corrected chi connectivity index (χ2v) is 3.11. The quantitative estimate of drug-likeness (QED) is 0.506. The van der Waals surface area contributed by atoms with Crippen LogP contribution in [0.4, 0.5) is 0 Å². The molecule has 1 fully saturated rings. The van der Waals surface area contributed by atoms with E-state index in [9.17, 15) is 0 Å². The molecule has 8 heavy (non-hydrogen) atoms. The third-order valence-corrected chi connectivity index (χ3v) is 1.66. The van der Waals surface area contributed by atoms with E-state index in [1.807, 2.05) is 0 Å². The molecule has 0 aromatic rings. The summed E-state index contributed by atoms with van der Waals surface area (Å²) in [6, 6.07) is 0.